The van der Waals surface area contributed by atoms with Crippen LogP contribution in [0.4, 0.5) is 8.78 Å². The largest absolute Gasteiger partial charge is 0.373 e. The third kappa shape index (κ3) is 2.87. The SMILES string of the molecule is CCNC(c1ccc(F)cc1F)C1CCC(C)O1. The Bertz CT molecular complexity index is 411. The summed E-state index contributed by atoms with van der Waals surface area (Å²) in [7, 11) is 0. The summed E-state index contributed by atoms with van der Waals surface area (Å²) < 4.78 is 32.6. The molecule has 0 radical (unpaired) electrons. The highest BCUT2D eigenvalue weighted by molar-refractivity contribution is 5.23. The Kier molecular flexibility index (Phi) is 4.30. The van der Waals surface area contributed by atoms with Crippen LogP contribution in [0.15, 0.2) is 18.2 Å². The maximum absolute atomic E-state index is 13.8. The molecule has 1 heterocycles. The fourth-order valence-electron chi connectivity index (χ4n) is 2.49. The van der Waals surface area contributed by atoms with E-state index >= 15 is 0 Å². The molecule has 4 heteroatoms. The second-order valence-corrected chi connectivity index (χ2v) is 4.76. The first-order valence-corrected chi connectivity index (χ1v) is 6.45. The number of hydrogen-bond acceptors (Lipinski definition) is 2. The highest BCUT2D eigenvalue weighted by Gasteiger charge is 2.31. The van der Waals surface area contributed by atoms with Crippen molar-refractivity contribution in [3.8, 4) is 0 Å². The molecule has 1 aromatic carbocycles. The Balaban J connectivity index is 2.23. The van der Waals surface area contributed by atoms with E-state index in [-0.39, 0.29) is 18.2 Å². The summed E-state index contributed by atoms with van der Waals surface area (Å²) in [5, 5.41) is 3.23. The number of hydrogen-bond donors (Lipinski definition) is 1. The van der Waals surface area contributed by atoms with Gasteiger partial charge in [0.25, 0.3) is 0 Å². The minimum atomic E-state index is -0.549. The van der Waals surface area contributed by atoms with Crippen molar-refractivity contribution in [2.45, 2.75) is 44.9 Å². The quantitative estimate of drug-likeness (QED) is 0.892. The smallest absolute Gasteiger partial charge is 0.130 e. The van der Waals surface area contributed by atoms with Crippen molar-refractivity contribution in [3.05, 3.63) is 35.4 Å². The topological polar surface area (TPSA) is 21.3 Å². The highest BCUT2D eigenvalue weighted by Crippen LogP contribution is 2.31. The van der Waals surface area contributed by atoms with Crippen molar-refractivity contribution < 1.29 is 13.5 Å². The Hall–Kier alpha value is -1.00. The van der Waals surface area contributed by atoms with E-state index < -0.39 is 11.6 Å². The van der Waals surface area contributed by atoms with Gasteiger partial charge in [-0.05, 0) is 32.4 Å². The molecule has 3 unspecified atom stereocenters. The van der Waals surface area contributed by atoms with Crippen LogP contribution in [0.5, 0.6) is 0 Å². The lowest BCUT2D eigenvalue weighted by atomic mass is 9.98. The molecule has 2 nitrogen and oxygen atoms in total. The number of likely N-dealkylation sites (N-methyl/N-ethyl adjacent to an activating group) is 1. The molecule has 2 rings (SSSR count). The lowest BCUT2D eigenvalue weighted by Gasteiger charge is -2.25. The Morgan fingerprint density at radius 2 is 2.17 bits per heavy atom. The molecule has 0 amide bonds. The van der Waals surface area contributed by atoms with Crippen molar-refractivity contribution in [1.82, 2.24) is 5.32 Å². The van der Waals surface area contributed by atoms with Gasteiger partial charge in [0.15, 0.2) is 0 Å². The second-order valence-electron chi connectivity index (χ2n) is 4.76. The lowest BCUT2D eigenvalue weighted by Crippen LogP contribution is -2.32. The monoisotopic (exact) mass is 255 g/mol. The Morgan fingerprint density at radius 1 is 1.39 bits per heavy atom. The minimum Gasteiger partial charge on any atom is -0.373 e. The van der Waals surface area contributed by atoms with Crippen molar-refractivity contribution in [2.24, 2.45) is 0 Å². The molecule has 18 heavy (non-hydrogen) atoms. The minimum absolute atomic E-state index is 0.0417. The highest BCUT2D eigenvalue weighted by atomic mass is 19.1. The van der Waals surface area contributed by atoms with Gasteiger partial charge in [-0.1, -0.05) is 13.0 Å². The number of rotatable bonds is 4. The first kappa shape index (κ1) is 13.4. The van der Waals surface area contributed by atoms with Crippen LogP contribution in [-0.2, 0) is 4.74 Å². The van der Waals surface area contributed by atoms with Gasteiger partial charge in [0.2, 0.25) is 0 Å². The van der Waals surface area contributed by atoms with Gasteiger partial charge >= 0.3 is 0 Å². The molecule has 1 N–H and O–H groups in total. The maximum Gasteiger partial charge on any atom is 0.130 e. The molecule has 1 aliphatic rings. The van der Waals surface area contributed by atoms with Gasteiger partial charge in [-0.15, -0.1) is 0 Å². The fourth-order valence-corrected chi connectivity index (χ4v) is 2.49. The van der Waals surface area contributed by atoms with Gasteiger partial charge < -0.3 is 10.1 Å². The average molecular weight is 255 g/mol. The van der Waals surface area contributed by atoms with Gasteiger partial charge in [-0.25, -0.2) is 8.78 Å². The predicted octanol–water partition coefficient (Wildman–Crippen LogP) is 3.18. The molecular formula is C14H19F2NO. The number of benzene rings is 1. The number of halogens is 2. The van der Waals surface area contributed by atoms with E-state index in [1.165, 1.54) is 12.1 Å². The molecule has 0 aliphatic carbocycles. The zero-order chi connectivity index (χ0) is 13.1. The fraction of sp³-hybridized carbons (Fsp3) is 0.571. The van der Waals surface area contributed by atoms with Crippen molar-refractivity contribution in [2.75, 3.05) is 6.54 Å². The van der Waals surface area contributed by atoms with E-state index in [4.69, 9.17) is 4.74 Å². The first-order chi connectivity index (χ1) is 8.61. The van der Waals surface area contributed by atoms with Gasteiger partial charge in [0.1, 0.15) is 11.6 Å². The molecule has 0 bridgehead atoms. The molecule has 0 aromatic heterocycles. The van der Waals surface area contributed by atoms with Crippen LogP contribution >= 0.6 is 0 Å². The second kappa shape index (κ2) is 5.76. The van der Waals surface area contributed by atoms with E-state index in [1.807, 2.05) is 13.8 Å². The summed E-state index contributed by atoms with van der Waals surface area (Å²) in [6.07, 6.45) is 2.05. The van der Waals surface area contributed by atoms with Crippen LogP contribution in [0.2, 0.25) is 0 Å². The zero-order valence-electron chi connectivity index (χ0n) is 10.7. The molecule has 1 aliphatic heterocycles. The van der Waals surface area contributed by atoms with E-state index in [1.54, 1.807) is 0 Å². The molecule has 3 atom stereocenters. The van der Waals surface area contributed by atoms with Gasteiger partial charge in [-0.3, -0.25) is 0 Å². The van der Waals surface area contributed by atoms with E-state index in [0.717, 1.165) is 25.5 Å². The normalized spacial score (nSPS) is 25.3. The molecule has 100 valence electrons. The Labute approximate surface area is 106 Å². The van der Waals surface area contributed by atoms with E-state index in [2.05, 4.69) is 5.32 Å². The molecule has 0 spiro atoms. The van der Waals surface area contributed by atoms with Gasteiger partial charge in [0.05, 0.1) is 18.2 Å². The van der Waals surface area contributed by atoms with Gasteiger partial charge in [-0.2, -0.15) is 0 Å². The van der Waals surface area contributed by atoms with Gasteiger partial charge in [0, 0.05) is 11.6 Å². The van der Waals surface area contributed by atoms with Crippen LogP contribution in [0.1, 0.15) is 38.3 Å². The van der Waals surface area contributed by atoms with Crippen molar-refractivity contribution in [3.63, 3.8) is 0 Å². The van der Waals surface area contributed by atoms with Crippen LogP contribution in [0.25, 0.3) is 0 Å². The summed E-state index contributed by atoms with van der Waals surface area (Å²) >= 11 is 0. The maximum atomic E-state index is 13.8. The van der Waals surface area contributed by atoms with Crippen LogP contribution in [-0.4, -0.2) is 18.8 Å². The first-order valence-electron chi connectivity index (χ1n) is 6.45. The third-order valence-electron chi connectivity index (χ3n) is 3.36. The summed E-state index contributed by atoms with van der Waals surface area (Å²) in [4.78, 5) is 0. The predicted molar refractivity (Wildman–Crippen MR) is 66.3 cm³/mol. The van der Waals surface area contributed by atoms with Crippen LogP contribution in [0, 0.1) is 11.6 Å². The molecular weight excluding hydrogens is 236 g/mol. The number of ether oxygens (including phenoxy) is 1. The van der Waals surface area contributed by atoms with Crippen LogP contribution < -0.4 is 5.32 Å². The molecule has 1 fully saturated rings. The van der Waals surface area contributed by atoms with Crippen LogP contribution in [0.3, 0.4) is 0 Å². The lowest BCUT2D eigenvalue weighted by molar-refractivity contribution is 0.0311. The standard InChI is InChI=1S/C14H19F2NO/c1-3-17-14(13-7-4-9(2)18-13)11-6-5-10(15)8-12(11)16/h5-6,8-9,13-14,17H,3-4,7H2,1-2H3. The molecule has 0 saturated carbocycles. The Morgan fingerprint density at radius 3 is 2.72 bits per heavy atom. The average Bonchev–Trinajstić information content (AvgIpc) is 2.73. The molecule has 1 aromatic rings. The number of nitrogens with one attached hydrogen (secondary N) is 1. The third-order valence-corrected chi connectivity index (χ3v) is 3.36. The van der Waals surface area contributed by atoms with E-state index in [0.29, 0.717) is 5.56 Å². The van der Waals surface area contributed by atoms with Crippen molar-refractivity contribution in [1.29, 1.82) is 0 Å². The summed E-state index contributed by atoms with van der Waals surface area (Å²) in [6, 6.07) is 3.52. The van der Waals surface area contributed by atoms with Crippen molar-refractivity contribution >= 4 is 0 Å². The molecule has 1 saturated heterocycles. The zero-order valence-corrected chi connectivity index (χ0v) is 10.7. The summed E-state index contributed by atoms with van der Waals surface area (Å²) in [6.45, 7) is 4.70. The summed E-state index contributed by atoms with van der Waals surface area (Å²) in [5.41, 5.74) is 0.484. The van der Waals surface area contributed by atoms with E-state index in [9.17, 15) is 8.78 Å². The summed E-state index contributed by atoms with van der Waals surface area (Å²) in [5.74, 6) is -1.06.